The summed E-state index contributed by atoms with van der Waals surface area (Å²) in [5.74, 6) is 0.317. The van der Waals surface area contributed by atoms with E-state index in [1.165, 1.54) is 34.8 Å². The first kappa shape index (κ1) is 43.3. The molecule has 2 aromatic carbocycles. The molecule has 0 spiro atoms. The van der Waals surface area contributed by atoms with Crippen LogP contribution >= 0.6 is 68.0 Å². The van der Waals surface area contributed by atoms with Gasteiger partial charge < -0.3 is 38.5 Å². The number of aromatic nitrogens is 1. The van der Waals surface area contributed by atoms with Gasteiger partial charge in [-0.2, -0.15) is 10.5 Å². The van der Waals surface area contributed by atoms with E-state index in [1.54, 1.807) is 64.6 Å². The lowest BCUT2D eigenvalue weighted by atomic mass is 10.0. The van der Waals surface area contributed by atoms with Crippen LogP contribution in [-0.4, -0.2) is 66.4 Å². The quantitative estimate of drug-likeness (QED) is 0.0986. The number of rotatable bonds is 10. The Balaban J connectivity index is 0.974. The van der Waals surface area contributed by atoms with Crippen molar-refractivity contribution in [2.45, 2.75) is 12.5 Å². The molecule has 0 saturated carbocycles. The fourth-order valence-corrected chi connectivity index (χ4v) is 16.0. The van der Waals surface area contributed by atoms with Gasteiger partial charge in [-0.05, 0) is 84.3 Å². The summed E-state index contributed by atoms with van der Waals surface area (Å²) < 4.78 is 37.4. The average molecular weight is 1020 g/mol. The van der Waals surface area contributed by atoms with Crippen molar-refractivity contribution in [3.05, 3.63) is 99.8 Å². The zero-order valence-corrected chi connectivity index (χ0v) is 40.7. The molecule has 0 bridgehead atoms. The fraction of sp³-hybridized carbons (Fsp3) is 0.137. The van der Waals surface area contributed by atoms with Crippen LogP contribution in [0.2, 0.25) is 0 Å². The summed E-state index contributed by atoms with van der Waals surface area (Å²) in [7, 11) is 1.72. The molecule has 9 aromatic rings. The third kappa shape index (κ3) is 7.43. The van der Waals surface area contributed by atoms with Gasteiger partial charge in [0.25, 0.3) is 0 Å². The lowest BCUT2D eigenvalue weighted by Crippen LogP contribution is -2.14. The molecular weight excluding hydrogens is 991 g/mol. The van der Waals surface area contributed by atoms with Crippen LogP contribution in [0, 0.1) is 22.7 Å². The first-order chi connectivity index (χ1) is 33.7. The summed E-state index contributed by atoms with van der Waals surface area (Å²) in [6.45, 7) is 1.68. The van der Waals surface area contributed by atoms with Crippen LogP contribution in [0.5, 0.6) is 23.0 Å². The van der Waals surface area contributed by atoms with Crippen molar-refractivity contribution in [2.75, 3.05) is 33.5 Å². The highest BCUT2D eigenvalue weighted by Crippen LogP contribution is 2.58. The van der Waals surface area contributed by atoms with E-state index in [1.807, 2.05) is 12.1 Å². The normalized spacial score (nSPS) is 15.8. The molecule has 3 aliphatic rings. The number of hydrogen-bond donors (Lipinski definition) is 2. The van der Waals surface area contributed by atoms with E-state index < -0.39 is 11.9 Å². The molecule has 0 saturated heterocycles. The lowest BCUT2D eigenvalue weighted by molar-refractivity contribution is -0.133. The Kier molecular flexibility index (Phi) is 10.8. The zero-order valence-electron chi connectivity index (χ0n) is 35.8. The molecule has 12 nitrogen and oxygen atoms in total. The van der Waals surface area contributed by atoms with Crippen molar-refractivity contribution < 1.29 is 43.5 Å². The number of hydrogen-bond acceptors (Lipinski definition) is 15. The number of nitrogens with zero attached hydrogens (tertiary/aromatic N) is 3. The SMILES string of the molecule is COC1C=CC(n2c3ccc(-c4sc(-c5cc6sc(/C=C(\C#N)C(=O)O)cc6s5)c5c4OCCO5)cc3c3cc(-c4sc(-c5cc6sc(/C=C(\C#N)C(=O)O)cc6s5)c5c4OCCO5)ccc32)=CC1. The minimum absolute atomic E-state index is 0.000586. The molecule has 1 atom stereocenters. The molecule has 2 N–H and O–H groups in total. The molecule has 18 heteroatoms. The van der Waals surface area contributed by atoms with Crippen LogP contribution in [-0.2, 0) is 14.3 Å². The first-order valence-electron chi connectivity index (χ1n) is 21.3. The van der Waals surface area contributed by atoms with Gasteiger partial charge >= 0.3 is 11.9 Å². The van der Waals surface area contributed by atoms with E-state index >= 15 is 0 Å². The first-order valence-corrected chi connectivity index (χ1v) is 26.2. The largest absolute Gasteiger partial charge is 0.485 e. The third-order valence-electron chi connectivity index (χ3n) is 11.9. The van der Waals surface area contributed by atoms with Gasteiger partial charge in [-0.15, -0.1) is 68.0 Å². The maximum absolute atomic E-state index is 11.5. The molecule has 2 aliphatic heterocycles. The Labute approximate surface area is 415 Å². The van der Waals surface area contributed by atoms with Gasteiger partial charge in [-0.3, -0.25) is 0 Å². The van der Waals surface area contributed by atoms with Gasteiger partial charge in [-0.25, -0.2) is 9.59 Å². The Hall–Kier alpha value is -7.00. The van der Waals surface area contributed by atoms with Crippen LogP contribution in [0.15, 0.2) is 90.0 Å². The van der Waals surface area contributed by atoms with Crippen LogP contribution in [0.1, 0.15) is 16.2 Å². The van der Waals surface area contributed by atoms with E-state index in [2.05, 4.69) is 71.3 Å². The number of fused-ring (bicyclic) bond motifs is 7. The predicted molar refractivity (Wildman–Crippen MR) is 277 cm³/mol. The molecule has 340 valence electrons. The second kappa shape index (κ2) is 17.2. The van der Waals surface area contributed by atoms with E-state index in [-0.39, 0.29) is 17.3 Å². The summed E-state index contributed by atoms with van der Waals surface area (Å²) in [4.78, 5) is 30.2. The molecule has 0 radical (unpaired) electrons. The Morgan fingerprint density at radius 2 is 1.09 bits per heavy atom. The molecule has 12 rings (SSSR count). The minimum Gasteiger partial charge on any atom is -0.485 e. The van der Waals surface area contributed by atoms with Crippen molar-refractivity contribution in [3.63, 3.8) is 0 Å². The number of methoxy groups -OCH3 is 1. The number of ether oxygens (including phenoxy) is 5. The molecule has 7 aromatic heterocycles. The van der Waals surface area contributed by atoms with Gasteiger partial charge in [0.05, 0.1) is 46.4 Å². The second-order valence-corrected chi connectivity index (χ2v) is 22.4. The number of carboxylic acids is 2. The number of thiophene rings is 6. The van der Waals surface area contributed by atoms with Crippen molar-refractivity contribution in [3.8, 4) is 75.5 Å². The molecule has 69 heavy (non-hydrogen) atoms. The highest BCUT2D eigenvalue weighted by molar-refractivity contribution is 7.33. The monoisotopic (exact) mass is 1020 g/mol. The molecule has 9 heterocycles. The number of benzene rings is 2. The van der Waals surface area contributed by atoms with E-state index in [9.17, 15) is 30.3 Å². The highest BCUT2D eigenvalue weighted by atomic mass is 32.1. The smallest absolute Gasteiger partial charge is 0.346 e. The maximum Gasteiger partial charge on any atom is 0.346 e. The molecule has 0 amide bonds. The summed E-state index contributed by atoms with van der Waals surface area (Å²) in [5.41, 5.74) is 4.48. The number of carbonyl (C=O) groups is 2. The van der Waals surface area contributed by atoms with Crippen LogP contribution in [0.4, 0.5) is 0 Å². The predicted octanol–water partition coefficient (Wildman–Crippen LogP) is 13.5. The number of nitriles is 2. The maximum atomic E-state index is 11.5. The topological polar surface area (TPSA) is 173 Å². The van der Waals surface area contributed by atoms with Crippen LogP contribution < -0.4 is 18.9 Å². The summed E-state index contributed by atoms with van der Waals surface area (Å²) in [6, 6.07) is 24.7. The van der Waals surface area contributed by atoms with Crippen molar-refractivity contribution in [2.24, 2.45) is 0 Å². The standard InChI is InChI=1S/C51H31N3O9S6/c1-59-29-6-4-28(5-7-29)54-34-8-2-24(46-42-44(62-12-10-60-42)48(68-46)40-20-38-36(66-40)18-30(64-38)14-26(22-52)50(55)56)16-32(34)33-17-25(3-9-35(33)54)47-43-45(63-13-11-61-43)49(69-47)41-21-39-37(67-41)19-31(65-39)15-27(23-53)51(57)58/h2-6,8-9,14-21,29H,7,10-13H2,1H3,(H,55,56)(H,57,58)/b26-14+,27-15+. The van der Waals surface area contributed by atoms with Crippen LogP contribution in [0.25, 0.3) is 98.8 Å². The molecule has 1 unspecified atom stereocenters. The fourth-order valence-electron chi connectivity index (χ4n) is 8.76. The van der Waals surface area contributed by atoms with Gasteiger partial charge in [0.15, 0.2) is 23.0 Å². The summed E-state index contributed by atoms with van der Waals surface area (Å²) in [6.07, 6.45) is 10.00. The van der Waals surface area contributed by atoms with E-state index in [0.29, 0.717) is 59.2 Å². The molecule has 0 fully saturated rings. The Morgan fingerprint density at radius 1 is 0.638 bits per heavy atom. The highest BCUT2D eigenvalue weighted by Gasteiger charge is 2.31. The Morgan fingerprint density at radius 3 is 1.48 bits per heavy atom. The molecule has 1 aliphatic carbocycles. The minimum atomic E-state index is -1.25. The van der Waals surface area contributed by atoms with E-state index in [0.717, 1.165) is 93.1 Å². The average Bonchev–Trinajstić information content (AvgIpc) is 4.24. The zero-order chi connectivity index (χ0) is 47.1. The number of aliphatic carboxylic acids is 2. The van der Waals surface area contributed by atoms with Crippen molar-refractivity contribution >= 4 is 138 Å². The summed E-state index contributed by atoms with van der Waals surface area (Å²) >= 11 is 9.30. The third-order valence-corrected chi connectivity index (χ3v) is 19.1. The molecular formula is C51H31N3O9S6. The second-order valence-electron chi connectivity index (χ2n) is 16.0. The number of allylic oxidation sites excluding steroid dienone is 2. The van der Waals surface area contributed by atoms with Crippen molar-refractivity contribution in [1.82, 2.24) is 4.57 Å². The summed E-state index contributed by atoms with van der Waals surface area (Å²) in [5, 5.41) is 39.5. The van der Waals surface area contributed by atoms with Gasteiger partial charge in [0.1, 0.15) is 49.7 Å². The lowest BCUT2D eigenvalue weighted by Gasteiger charge is -2.18. The van der Waals surface area contributed by atoms with Gasteiger partial charge in [0.2, 0.25) is 0 Å². The van der Waals surface area contributed by atoms with Crippen molar-refractivity contribution in [1.29, 1.82) is 10.5 Å². The Bertz CT molecular complexity index is 3590. The number of carboxylic acid groups (broad SMARTS) is 2. The van der Waals surface area contributed by atoms with Gasteiger partial charge in [-0.1, -0.05) is 24.3 Å². The van der Waals surface area contributed by atoms with Crippen LogP contribution in [0.3, 0.4) is 0 Å². The van der Waals surface area contributed by atoms with Gasteiger partial charge in [0, 0.05) is 52.1 Å². The van der Waals surface area contributed by atoms with E-state index in [4.69, 9.17) is 23.7 Å².